The summed E-state index contributed by atoms with van der Waals surface area (Å²) in [6.45, 7) is 0.861. The molecule has 1 aromatic carbocycles. The number of methoxy groups -OCH3 is 1. The van der Waals surface area contributed by atoms with Crippen LogP contribution in [0.3, 0.4) is 0 Å². The Hall–Kier alpha value is -1.10. The van der Waals surface area contributed by atoms with Crippen molar-refractivity contribution in [2.75, 3.05) is 43.3 Å². The second-order valence-electron chi connectivity index (χ2n) is 3.46. The van der Waals surface area contributed by atoms with E-state index in [9.17, 15) is 4.39 Å². The first-order valence-electron chi connectivity index (χ1n) is 4.93. The van der Waals surface area contributed by atoms with Crippen LogP contribution in [0, 0.1) is 5.82 Å². The van der Waals surface area contributed by atoms with Gasteiger partial charge in [-0.05, 0) is 6.26 Å². The van der Waals surface area contributed by atoms with Crippen LogP contribution >= 0.6 is 11.8 Å². The molecule has 0 aliphatic carbocycles. The van der Waals surface area contributed by atoms with Gasteiger partial charge in [0.05, 0.1) is 18.5 Å². The first-order chi connectivity index (χ1) is 7.60. The summed E-state index contributed by atoms with van der Waals surface area (Å²) in [5.74, 6) is 0.789. The lowest BCUT2D eigenvalue weighted by atomic mass is 10.2. The number of nitrogens with two attached hydrogens (primary N) is 1. The summed E-state index contributed by atoms with van der Waals surface area (Å²) < 4.78 is 18.3. The second-order valence-corrected chi connectivity index (χ2v) is 4.45. The number of thioether (sulfide) groups is 1. The minimum Gasteiger partial charge on any atom is -0.494 e. The van der Waals surface area contributed by atoms with Crippen molar-refractivity contribution in [3.8, 4) is 5.75 Å². The second kappa shape index (κ2) is 5.84. The van der Waals surface area contributed by atoms with E-state index < -0.39 is 5.82 Å². The number of halogens is 1. The molecular weight excluding hydrogens is 227 g/mol. The third-order valence-corrected chi connectivity index (χ3v) is 2.93. The maximum Gasteiger partial charge on any atom is 0.167 e. The predicted octanol–water partition coefficient (Wildman–Crippen LogP) is 2.22. The van der Waals surface area contributed by atoms with Crippen LogP contribution < -0.4 is 15.4 Å². The molecule has 0 unspecified atom stereocenters. The molecule has 1 aromatic rings. The zero-order valence-corrected chi connectivity index (χ0v) is 10.6. The van der Waals surface area contributed by atoms with Crippen molar-refractivity contribution >= 4 is 23.1 Å². The molecule has 0 radical (unpaired) electrons. The van der Waals surface area contributed by atoms with E-state index in [2.05, 4.69) is 0 Å². The Morgan fingerprint density at radius 2 is 2.19 bits per heavy atom. The standard InChI is InChI=1S/C11H17FN2OS/c1-14(4-5-16-3)10-7-11(15-2)8(12)6-9(10)13/h6-7H,4-5,13H2,1-3H3. The molecule has 0 spiro atoms. The molecule has 5 heteroatoms. The Kier molecular flexibility index (Phi) is 4.73. The lowest BCUT2D eigenvalue weighted by Crippen LogP contribution is -2.21. The summed E-state index contributed by atoms with van der Waals surface area (Å²) in [6.07, 6.45) is 2.04. The van der Waals surface area contributed by atoms with E-state index in [0.29, 0.717) is 5.69 Å². The molecule has 16 heavy (non-hydrogen) atoms. The Bertz CT molecular complexity index is 360. The average Bonchev–Trinajstić information content (AvgIpc) is 2.26. The first-order valence-corrected chi connectivity index (χ1v) is 6.32. The molecule has 1 rings (SSSR count). The number of hydrogen-bond donors (Lipinski definition) is 1. The highest BCUT2D eigenvalue weighted by Gasteiger charge is 2.11. The summed E-state index contributed by atoms with van der Waals surface area (Å²) in [4.78, 5) is 1.99. The number of benzene rings is 1. The van der Waals surface area contributed by atoms with Crippen molar-refractivity contribution in [1.29, 1.82) is 0 Å². The van der Waals surface area contributed by atoms with E-state index in [4.69, 9.17) is 10.5 Å². The van der Waals surface area contributed by atoms with Crippen molar-refractivity contribution in [3.63, 3.8) is 0 Å². The lowest BCUT2D eigenvalue weighted by Gasteiger charge is -2.21. The molecule has 0 fully saturated rings. The van der Waals surface area contributed by atoms with Crippen molar-refractivity contribution in [2.45, 2.75) is 0 Å². The molecule has 0 saturated heterocycles. The molecule has 0 heterocycles. The van der Waals surface area contributed by atoms with Gasteiger partial charge < -0.3 is 15.4 Å². The summed E-state index contributed by atoms with van der Waals surface area (Å²) in [6, 6.07) is 2.93. The molecule has 0 amide bonds. The molecule has 0 saturated carbocycles. The topological polar surface area (TPSA) is 38.5 Å². The monoisotopic (exact) mass is 244 g/mol. The lowest BCUT2D eigenvalue weighted by molar-refractivity contribution is 0.387. The maximum absolute atomic E-state index is 13.3. The third kappa shape index (κ3) is 2.95. The Morgan fingerprint density at radius 3 is 2.75 bits per heavy atom. The molecule has 0 atom stereocenters. The summed E-state index contributed by atoms with van der Waals surface area (Å²) in [5, 5.41) is 0. The molecule has 0 aliphatic rings. The molecule has 0 aromatic heterocycles. The van der Waals surface area contributed by atoms with Crippen LogP contribution in [0.15, 0.2) is 12.1 Å². The van der Waals surface area contributed by atoms with Crippen LogP contribution in [0.25, 0.3) is 0 Å². The van der Waals surface area contributed by atoms with Gasteiger partial charge in [0.1, 0.15) is 0 Å². The fourth-order valence-electron chi connectivity index (χ4n) is 1.39. The van der Waals surface area contributed by atoms with E-state index in [1.807, 2.05) is 18.2 Å². The number of ether oxygens (including phenoxy) is 1. The van der Waals surface area contributed by atoms with Crippen LogP contribution in [-0.4, -0.2) is 32.7 Å². The van der Waals surface area contributed by atoms with Gasteiger partial charge in [0.2, 0.25) is 0 Å². The van der Waals surface area contributed by atoms with Gasteiger partial charge in [-0.15, -0.1) is 0 Å². The average molecular weight is 244 g/mol. The van der Waals surface area contributed by atoms with Crippen LogP contribution in [-0.2, 0) is 0 Å². The van der Waals surface area contributed by atoms with Gasteiger partial charge in [-0.2, -0.15) is 11.8 Å². The third-order valence-electron chi connectivity index (χ3n) is 2.34. The van der Waals surface area contributed by atoms with Gasteiger partial charge in [0, 0.05) is 31.5 Å². The van der Waals surface area contributed by atoms with Crippen molar-refractivity contribution in [2.24, 2.45) is 0 Å². The predicted molar refractivity (Wildman–Crippen MR) is 69.0 cm³/mol. The van der Waals surface area contributed by atoms with Crippen molar-refractivity contribution < 1.29 is 9.13 Å². The van der Waals surface area contributed by atoms with Gasteiger partial charge in [-0.3, -0.25) is 0 Å². The minimum absolute atomic E-state index is 0.222. The highest BCUT2D eigenvalue weighted by molar-refractivity contribution is 7.98. The fourth-order valence-corrected chi connectivity index (χ4v) is 1.85. The molecular formula is C11H17FN2OS. The maximum atomic E-state index is 13.3. The molecule has 0 bridgehead atoms. The zero-order valence-electron chi connectivity index (χ0n) is 9.79. The normalized spacial score (nSPS) is 10.2. The molecule has 3 nitrogen and oxygen atoms in total. The van der Waals surface area contributed by atoms with Crippen molar-refractivity contribution in [3.05, 3.63) is 17.9 Å². The fraction of sp³-hybridized carbons (Fsp3) is 0.455. The summed E-state index contributed by atoms with van der Waals surface area (Å²) >= 11 is 1.76. The number of anilines is 2. The van der Waals surface area contributed by atoms with Gasteiger partial charge in [0.15, 0.2) is 11.6 Å². The number of nitrogen functional groups attached to an aromatic ring is 1. The van der Waals surface area contributed by atoms with E-state index in [-0.39, 0.29) is 5.75 Å². The van der Waals surface area contributed by atoms with Gasteiger partial charge in [-0.25, -0.2) is 4.39 Å². The quantitative estimate of drug-likeness (QED) is 0.806. The minimum atomic E-state index is -0.429. The molecule has 0 aliphatic heterocycles. The van der Waals surface area contributed by atoms with E-state index in [0.717, 1.165) is 18.0 Å². The van der Waals surface area contributed by atoms with Gasteiger partial charge in [-0.1, -0.05) is 0 Å². The SMILES string of the molecule is COc1cc(N(C)CCSC)c(N)cc1F. The zero-order chi connectivity index (χ0) is 12.1. The Morgan fingerprint density at radius 1 is 1.50 bits per heavy atom. The van der Waals surface area contributed by atoms with Gasteiger partial charge >= 0.3 is 0 Å². The molecule has 2 N–H and O–H groups in total. The van der Waals surface area contributed by atoms with Crippen molar-refractivity contribution in [1.82, 2.24) is 0 Å². The smallest absolute Gasteiger partial charge is 0.167 e. The Balaban J connectivity index is 2.94. The largest absolute Gasteiger partial charge is 0.494 e. The number of hydrogen-bond acceptors (Lipinski definition) is 4. The number of nitrogens with zero attached hydrogens (tertiary/aromatic N) is 1. The van der Waals surface area contributed by atoms with E-state index >= 15 is 0 Å². The number of rotatable bonds is 5. The van der Waals surface area contributed by atoms with Crippen LogP contribution in [0.2, 0.25) is 0 Å². The molecule has 90 valence electrons. The van der Waals surface area contributed by atoms with E-state index in [1.54, 1.807) is 17.8 Å². The Labute approximate surface area is 99.8 Å². The van der Waals surface area contributed by atoms with E-state index in [1.165, 1.54) is 13.2 Å². The summed E-state index contributed by atoms with van der Waals surface area (Å²) in [7, 11) is 3.37. The first kappa shape index (κ1) is 13.0. The highest BCUT2D eigenvalue weighted by Crippen LogP contribution is 2.30. The summed E-state index contributed by atoms with van der Waals surface area (Å²) in [5.41, 5.74) is 7.00. The van der Waals surface area contributed by atoms with Crippen LogP contribution in [0.5, 0.6) is 5.75 Å². The van der Waals surface area contributed by atoms with Crippen LogP contribution in [0.4, 0.5) is 15.8 Å². The highest BCUT2D eigenvalue weighted by atomic mass is 32.2. The van der Waals surface area contributed by atoms with Crippen LogP contribution in [0.1, 0.15) is 0 Å². The van der Waals surface area contributed by atoms with Gasteiger partial charge in [0.25, 0.3) is 0 Å².